The van der Waals surface area contributed by atoms with Gasteiger partial charge in [0.1, 0.15) is 0 Å². The van der Waals surface area contributed by atoms with Crippen LogP contribution in [-0.4, -0.2) is 74.7 Å². The van der Waals surface area contributed by atoms with Gasteiger partial charge in [0.15, 0.2) is 0 Å². The summed E-state index contributed by atoms with van der Waals surface area (Å²) >= 11 is 0. The molecule has 8 heterocycles. The van der Waals surface area contributed by atoms with E-state index in [1.807, 2.05) is 111 Å². The van der Waals surface area contributed by atoms with Gasteiger partial charge in [0.05, 0.1) is 63.4 Å². The highest BCUT2D eigenvalue weighted by molar-refractivity contribution is 5.87. The molecule has 0 bridgehead atoms. The van der Waals surface area contributed by atoms with Gasteiger partial charge in [-0.05, 0) is 171 Å². The van der Waals surface area contributed by atoms with Crippen LogP contribution in [0.2, 0.25) is 0 Å². The minimum atomic E-state index is 1.05. The first-order valence-corrected chi connectivity index (χ1v) is 29.5. The molecule has 448 valence electrons. The third-order valence-corrected chi connectivity index (χ3v) is 15.7. The van der Waals surface area contributed by atoms with Crippen LogP contribution >= 0.6 is 0 Å². The number of para-hydroxylation sites is 2. The van der Waals surface area contributed by atoms with Crippen LogP contribution in [0.25, 0.3) is 87.2 Å². The topological polar surface area (TPSA) is 173 Å². The summed E-state index contributed by atoms with van der Waals surface area (Å²) in [5.74, 6) is 0. The van der Waals surface area contributed by atoms with Crippen LogP contribution in [0.5, 0.6) is 0 Å². The summed E-state index contributed by atoms with van der Waals surface area (Å²) in [6, 6.07) is 50.2. The summed E-state index contributed by atoms with van der Waals surface area (Å²) in [6.07, 6.45) is 9.63. The number of benzene rings is 8. The fraction of sp³-hybridized carbons (Fsp3) is 0.219. The first-order chi connectivity index (χ1) is 42.2. The third kappa shape index (κ3) is 14.6. The number of hydrogen-bond donors (Lipinski definition) is 4. The van der Waals surface area contributed by atoms with Crippen LogP contribution in [-0.2, 0) is 28.2 Å². The maximum Gasteiger partial charge on any atom is 0.0926 e. The number of H-pyrrole nitrogens is 4. The number of aromatic nitrogens is 15. The van der Waals surface area contributed by atoms with E-state index in [-0.39, 0.29) is 0 Å². The van der Waals surface area contributed by atoms with Crippen molar-refractivity contribution in [3.63, 3.8) is 0 Å². The Hall–Kier alpha value is -10.4. The second kappa shape index (κ2) is 27.7. The monoisotopic (exact) mass is 1170 g/mol. The van der Waals surface area contributed by atoms with Gasteiger partial charge in [-0.2, -0.15) is 35.7 Å². The minimum absolute atomic E-state index is 1.05. The van der Waals surface area contributed by atoms with Crippen LogP contribution in [0, 0.1) is 83.1 Å². The van der Waals surface area contributed by atoms with E-state index >= 15 is 0 Å². The number of aryl methyl sites for hydroxylation is 16. The van der Waals surface area contributed by atoms with Gasteiger partial charge >= 0.3 is 0 Å². The van der Waals surface area contributed by atoms with Crippen LogP contribution in [0.3, 0.4) is 0 Å². The second-order valence-electron chi connectivity index (χ2n) is 22.7. The van der Waals surface area contributed by atoms with Gasteiger partial charge in [0.2, 0.25) is 0 Å². The van der Waals surface area contributed by atoms with E-state index < -0.39 is 0 Å². The highest BCUT2D eigenvalue weighted by atomic mass is 15.3. The van der Waals surface area contributed by atoms with E-state index in [1.165, 1.54) is 121 Å². The van der Waals surface area contributed by atoms with Crippen LogP contribution in [0.1, 0.15) is 67.2 Å². The van der Waals surface area contributed by atoms with Gasteiger partial charge in [-0.15, -0.1) is 0 Å². The molecule has 8 aromatic heterocycles. The molecular formula is C73H81N15. The van der Waals surface area contributed by atoms with Gasteiger partial charge < -0.3 is 4.98 Å². The van der Waals surface area contributed by atoms with Gasteiger partial charge in [-0.1, -0.05) is 108 Å². The molecule has 88 heavy (non-hydrogen) atoms. The largest absolute Gasteiger partial charge is 0.361 e. The van der Waals surface area contributed by atoms with Gasteiger partial charge in [0.25, 0.3) is 0 Å². The predicted molar refractivity (Wildman–Crippen MR) is 366 cm³/mol. The minimum Gasteiger partial charge on any atom is -0.361 e. The van der Waals surface area contributed by atoms with Gasteiger partial charge in [-0.3, -0.25) is 34.0 Å². The number of fused-ring (bicyclic) bond motifs is 8. The lowest BCUT2D eigenvalue weighted by Gasteiger charge is -1.97. The number of nitrogens with one attached hydrogen (secondary N) is 4. The maximum atomic E-state index is 4.17. The van der Waals surface area contributed by atoms with Gasteiger partial charge in [0, 0.05) is 100 Å². The molecule has 0 atom stereocenters. The van der Waals surface area contributed by atoms with E-state index in [9.17, 15) is 0 Å². The summed E-state index contributed by atoms with van der Waals surface area (Å²) in [4.78, 5) is 3.26. The Morgan fingerprint density at radius 1 is 0.318 bits per heavy atom. The van der Waals surface area contributed by atoms with Crippen molar-refractivity contribution in [2.24, 2.45) is 28.2 Å². The molecule has 4 N–H and O–H groups in total. The average molecular weight is 1170 g/mol. The Morgan fingerprint density at radius 3 is 1.61 bits per heavy atom. The standard InChI is InChI=1S/C10H11N.7C9H10N2/c1-7-4-3-5-9-8(2)6-11-10(7)9;1-7-3-4-9-8(5-7)6-10-11(9)2;1-7-3-4-8-6-10-11(2)9(8)5-7;1-6-3-4-9-8(5-6)7(2)10-11-9;1-6-3-4-8-7(2)10-11-9(8)5-6;1-7-4-3-5-9-8(7)6-10-11(9)2;1-7-4-3-5-8-6-10-11(2)9(7)8;1-6-4-3-5-8-9(6)7(2)10-11-8/h3-6,11H,1-2H3;2*3-6H,1-2H3;2*3-5H,1-2H3,(H,10,11);2*3-6H,1-2H3;3-5H,1-2H3,(H,10,11). The lowest BCUT2D eigenvalue weighted by molar-refractivity contribution is 0.794. The molecular weight excluding hydrogens is 1090 g/mol. The Labute approximate surface area is 514 Å². The molecule has 0 amide bonds. The smallest absolute Gasteiger partial charge is 0.0926 e. The number of nitrogens with zero attached hydrogens (tertiary/aromatic N) is 11. The third-order valence-electron chi connectivity index (χ3n) is 15.7. The molecule has 0 saturated carbocycles. The van der Waals surface area contributed by atoms with Crippen molar-refractivity contribution >= 4 is 87.2 Å². The van der Waals surface area contributed by atoms with E-state index in [2.05, 4.69) is 252 Å². The molecule has 0 spiro atoms. The normalized spacial score (nSPS) is 10.7. The second-order valence-corrected chi connectivity index (χ2v) is 22.7. The van der Waals surface area contributed by atoms with E-state index in [4.69, 9.17) is 0 Å². The molecule has 0 aliphatic rings. The molecule has 0 radical (unpaired) electrons. The van der Waals surface area contributed by atoms with Gasteiger partial charge in [-0.25, -0.2) is 0 Å². The molecule has 16 rings (SSSR count). The zero-order valence-corrected chi connectivity index (χ0v) is 53.7. The van der Waals surface area contributed by atoms with Crippen molar-refractivity contribution in [1.29, 1.82) is 0 Å². The molecule has 0 fully saturated rings. The van der Waals surface area contributed by atoms with Crippen molar-refractivity contribution in [1.82, 2.24) is 74.7 Å². The van der Waals surface area contributed by atoms with Crippen molar-refractivity contribution in [2.75, 3.05) is 0 Å². The molecule has 0 aliphatic heterocycles. The van der Waals surface area contributed by atoms with Crippen LogP contribution in [0.15, 0.2) is 177 Å². The van der Waals surface area contributed by atoms with E-state index in [0.717, 1.165) is 33.6 Å². The SMILES string of the molecule is Cc1c[nH]c2c(C)cccc12.Cc1ccc2c(C)[nH]nc2c1.Cc1ccc2c(cnn2C)c1.Cc1ccc2cnn(C)c2c1.Cc1ccc2n[nH]c(C)c2c1.Cc1cccc2c1cnn2C.Cc1cccc2cnn(C)c12.Cc1cccc2n[nH]c(C)c12. The van der Waals surface area contributed by atoms with E-state index in [1.54, 1.807) is 0 Å². The summed E-state index contributed by atoms with van der Waals surface area (Å²) in [5.41, 5.74) is 24.3. The average Bonchev–Trinajstić information content (AvgIpc) is 4.61. The van der Waals surface area contributed by atoms with Crippen molar-refractivity contribution in [3.05, 3.63) is 244 Å². The summed E-state index contributed by atoms with van der Waals surface area (Å²) in [5, 5.41) is 47.9. The highest BCUT2D eigenvalue weighted by Gasteiger charge is 2.06. The maximum absolute atomic E-state index is 4.17. The molecule has 15 nitrogen and oxygen atoms in total. The van der Waals surface area contributed by atoms with E-state index in [0.29, 0.717) is 0 Å². The zero-order chi connectivity index (χ0) is 62.8. The molecule has 0 aliphatic carbocycles. The van der Waals surface area contributed by atoms with Crippen molar-refractivity contribution in [2.45, 2.75) is 83.1 Å². The molecule has 0 saturated heterocycles. The van der Waals surface area contributed by atoms with Crippen LogP contribution < -0.4 is 0 Å². The highest BCUT2D eigenvalue weighted by Crippen LogP contribution is 2.23. The number of rotatable bonds is 0. The Morgan fingerprint density at radius 2 is 0.864 bits per heavy atom. The predicted octanol–water partition coefficient (Wildman–Crippen LogP) is 16.9. The van der Waals surface area contributed by atoms with Crippen molar-refractivity contribution in [3.8, 4) is 0 Å². The molecule has 8 aromatic carbocycles. The van der Waals surface area contributed by atoms with Crippen molar-refractivity contribution < 1.29 is 0 Å². The quantitative estimate of drug-likeness (QED) is 0.117. The first kappa shape index (κ1) is 62.1. The molecule has 0 unspecified atom stereocenters. The lowest BCUT2D eigenvalue weighted by Crippen LogP contribution is -1.90. The Bertz CT molecular complexity index is 4650. The fourth-order valence-electron chi connectivity index (χ4n) is 10.7. The molecule has 16 aromatic rings. The molecule has 15 heteroatoms. The first-order valence-electron chi connectivity index (χ1n) is 29.5. The zero-order valence-electron chi connectivity index (χ0n) is 53.7. The summed E-state index contributed by atoms with van der Waals surface area (Å²) < 4.78 is 7.57. The lowest BCUT2D eigenvalue weighted by atomic mass is 10.1. The van der Waals surface area contributed by atoms with Crippen LogP contribution in [0.4, 0.5) is 0 Å². The Balaban J connectivity index is 0.000000120. The number of aromatic amines is 4. The summed E-state index contributed by atoms with van der Waals surface area (Å²) in [7, 11) is 7.84. The fourth-order valence-corrected chi connectivity index (χ4v) is 10.7. The summed E-state index contributed by atoms with van der Waals surface area (Å²) in [6.45, 7) is 25.0. The number of hydrogen-bond acceptors (Lipinski definition) is 7. The Kier molecular flexibility index (Phi) is 19.6.